The van der Waals surface area contributed by atoms with Crippen LogP contribution in [0.4, 0.5) is 0 Å². The molecular formula is C12H14ClNO. The van der Waals surface area contributed by atoms with Crippen molar-refractivity contribution < 1.29 is 5.11 Å². The highest BCUT2D eigenvalue weighted by atomic mass is 35.5. The van der Waals surface area contributed by atoms with Gasteiger partial charge in [-0.15, -0.1) is 0 Å². The fraction of sp³-hybridized carbons (Fsp3) is 0.333. The van der Waals surface area contributed by atoms with Crippen molar-refractivity contribution in [2.24, 2.45) is 7.05 Å². The predicted octanol–water partition coefficient (Wildman–Crippen LogP) is 3.19. The van der Waals surface area contributed by atoms with Crippen LogP contribution < -0.4 is 0 Å². The van der Waals surface area contributed by atoms with E-state index in [0.29, 0.717) is 5.15 Å². The van der Waals surface area contributed by atoms with Crippen molar-refractivity contribution in [3.05, 3.63) is 34.5 Å². The van der Waals surface area contributed by atoms with E-state index in [-0.39, 0.29) is 0 Å². The molecule has 0 amide bonds. The third-order valence-electron chi connectivity index (χ3n) is 2.74. The molecule has 2 rings (SSSR count). The zero-order valence-corrected chi connectivity index (χ0v) is 9.84. The zero-order chi connectivity index (χ0) is 11.2. The average Bonchev–Trinajstić information content (AvgIpc) is 2.41. The lowest BCUT2D eigenvalue weighted by Gasteiger charge is -2.03. The molecule has 0 fully saturated rings. The number of benzene rings is 1. The van der Waals surface area contributed by atoms with Gasteiger partial charge in [0.1, 0.15) is 5.15 Å². The number of aliphatic hydroxyl groups is 1. The summed E-state index contributed by atoms with van der Waals surface area (Å²) in [4.78, 5) is 0. The van der Waals surface area contributed by atoms with E-state index in [4.69, 9.17) is 11.6 Å². The number of rotatable bonds is 1. The van der Waals surface area contributed by atoms with Gasteiger partial charge < -0.3 is 9.67 Å². The Bertz CT molecular complexity index is 514. The van der Waals surface area contributed by atoms with Crippen LogP contribution in [0.3, 0.4) is 0 Å². The lowest BCUT2D eigenvalue weighted by atomic mass is 10.1. The van der Waals surface area contributed by atoms with Crippen molar-refractivity contribution >= 4 is 22.5 Å². The van der Waals surface area contributed by atoms with Gasteiger partial charge in [-0.1, -0.05) is 23.7 Å². The van der Waals surface area contributed by atoms with Crippen molar-refractivity contribution in [3.63, 3.8) is 0 Å². The molecule has 3 heteroatoms. The van der Waals surface area contributed by atoms with Crippen LogP contribution in [-0.4, -0.2) is 9.67 Å². The normalized spacial score (nSPS) is 13.4. The van der Waals surface area contributed by atoms with Gasteiger partial charge in [-0.25, -0.2) is 0 Å². The van der Waals surface area contributed by atoms with Gasteiger partial charge in [0.2, 0.25) is 0 Å². The molecule has 1 aromatic carbocycles. The molecule has 0 saturated carbocycles. The van der Waals surface area contributed by atoms with Crippen LogP contribution in [0.2, 0.25) is 5.15 Å². The van der Waals surface area contributed by atoms with Gasteiger partial charge in [-0.3, -0.25) is 0 Å². The Morgan fingerprint density at radius 1 is 1.40 bits per heavy atom. The fourth-order valence-corrected chi connectivity index (χ4v) is 2.29. The molecule has 1 heterocycles. The minimum atomic E-state index is -0.538. The largest absolute Gasteiger partial charge is 0.389 e. The molecule has 0 aliphatic heterocycles. The summed E-state index contributed by atoms with van der Waals surface area (Å²) in [5, 5.41) is 11.3. The summed E-state index contributed by atoms with van der Waals surface area (Å²) in [6, 6.07) is 6.12. The molecule has 0 saturated heterocycles. The van der Waals surface area contributed by atoms with Crippen molar-refractivity contribution in [2.45, 2.75) is 20.0 Å². The first-order valence-corrected chi connectivity index (χ1v) is 5.32. The highest BCUT2D eigenvalue weighted by molar-refractivity contribution is 6.32. The maximum atomic E-state index is 9.69. The fourth-order valence-electron chi connectivity index (χ4n) is 1.94. The summed E-state index contributed by atoms with van der Waals surface area (Å²) in [5.74, 6) is 0. The molecule has 1 N–H and O–H groups in total. The van der Waals surface area contributed by atoms with Gasteiger partial charge in [0.15, 0.2) is 0 Å². The summed E-state index contributed by atoms with van der Waals surface area (Å²) >= 11 is 6.19. The standard InChI is InChI=1S/C12H14ClNO/c1-7-4-5-9-10(6-7)14(3)12(13)11(9)8(2)15/h4-6,8,15H,1-3H3. The van der Waals surface area contributed by atoms with E-state index in [2.05, 4.69) is 6.07 Å². The topological polar surface area (TPSA) is 25.2 Å². The van der Waals surface area contributed by atoms with E-state index in [9.17, 15) is 5.11 Å². The Labute approximate surface area is 94.1 Å². The van der Waals surface area contributed by atoms with Crippen molar-refractivity contribution in [3.8, 4) is 0 Å². The monoisotopic (exact) mass is 223 g/mol. The second-order valence-corrected chi connectivity index (χ2v) is 4.32. The Hall–Kier alpha value is -0.990. The third kappa shape index (κ3) is 1.54. The molecular weight excluding hydrogens is 210 g/mol. The van der Waals surface area contributed by atoms with Crippen LogP contribution in [-0.2, 0) is 7.05 Å². The molecule has 1 atom stereocenters. The van der Waals surface area contributed by atoms with Crippen LogP contribution >= 0.6 is 11.6 Å². The van der Waals surface area contributed by atoms with Crippen molar-refractivity contribution in [1.82, 2.24) is 4.57 Å². The summed E-state index contributed by atoms with van der Waals surface area (Å²) < 4.78 is 1.91. The Kier molecular flexibility index (Phi) is 2.49. The summed E-state index contributed by atoms with van der Waals surface area (Å²) in [7, 11) is 1.91. The number of aryl methyl sites for hydroxylation is 2. The van der Waals surface area contributed by atoms with Crippen molar-refractivity contribution in [2.75, 3.05) is 0 Å². The van der Waals surface area contributed by atoms with E-state index in [1.165, 1.54) is 5.56 Å². The van der Waals surface area contributed by atoms with Gasteiger partial charge in [0.05, 0.1) is 6.10 Å². The Balaban J connectivity index is 2.87. The number of aliphatic hydroxyl groups excluding tert-OH is 1. The molecule has 2 aromatic rings. The van der Waals surface area contributed by atoms with Gasteiger partial charge in [0.25, 0.3) is 0 Å². The number of nitrogens with zero attached hydrogens (tertiary/aromatic N) is 1. The van der Waals surface area contributed by atoms with Gasteiger partial charge in [0, 0.05) is 23.5 Å². The van der Waals surface area contributed by atoms with Crippen LogP contribution in [0.25, 0.3) is 10.9 Å². The molecule has 1 unspecified atom stereocenters. The third-order valence-corrected chi connectivity index (χ3v) is 3.20. The highest BCUT2D eigenvalue weighted by Gasteiger charge is 2.16. The first-order chi connectivity index (χ1) is 7.02. The van der Waals surface area contributed by atoms with E-state index in [1.54, 1.807) is 6.92 Å². The van der Waals surface area contributed by atoms with Crippen LogP contribution in [0.1, 0.15) is 24.2 Å². The summed E-state index contributed by atoms with van der Waals surface area (Å²) in [6.45, 7) is 3.78. The second kappa shape index (κ2) is 3.54. The Morgan fingerprint density at radius 3 is 2.67 bits per heavy atom. The lowest BCUT2D eigenvalue weighted by Crippen LogP contribution is -1.91. The number of hydrogen-bond donors (Lipinski definition) is 1. The van der Waals surface area contributed by atoms with Crippen LogP contribution in [0.5, 0.6) is 0 Å². The zero-order valence-electron chi connectivity index (χ0n) is 9.08. The first-order valence-electron chi connectivity index (χ1n) is 4.95. The first kappa shape index (κ1) is 10.5. The molecule has 0 bridgehead atoms. The average molecular weight is 224 g/mol. The summed E-state index contributed by atoms with van der Waals surface area (Å²) in [5.41, 5.74) is 3.07. The van der Waals surface area contributed by atoms with Gasteiger partial charge in [-0.05, 0) is 25.5 Å². The second-order valence-electron chi connectivity index (χ2n) is 3.96. The number of aromatic nitrogens is 1. The quantitative estimate of drug-likeness (QED) is 0.789. The molecule has 0 aliphatic carbocycles. The van der Waals surface area contributed by atoms with Gasteiger partial charge >= 0.3 is 0 Å². The summed E-state index contributed by atoms with van der Waals surface area (Å²) in [6.07, 6.45) is -0.538. The predicted molar refractivity (Wildman–Crippen MR) is 63.3 cm³/mol. The molecule has 0 aliphatic rings. The molecule has 2 nitrogen and oxygen atoms in total. The number of halogens is 1. The van der Waals surface area contributed by atoms with Crippen molar-refractivity contribution in [1.29, 1.82) is 0 Å². The number of hydrogen-bond acceptors (Lipinski definition) is 1. The maximum absolute atomic E-state index is 9.69. The highest BCUT2D eigenvalue weighted by Crippen LogP contribution is 2.33. The minimum absolute atomic E-state index is 0.538. The maximum Gasteiger partial charge on any atom is 0.115 e. The minimum Gasteiger partial charge on any atom is -0.389 e. The molecule has 15 heavy (non-hydrogen) atoms. The Morgan fingerprint density at radius 2 is 2.07 bits per heavy atom. The SMILES string of the molecule is Cc1ccc2c(C(C)O)c(Cl)n(C)c2c1. The molecule has 1 aromatic heterocycles. The van der Waals surface area contributed by atoms with E-state index < -0.39 is 6.10 Å². The molecule has 80 valence electrons. The van der Waals surface area contributed by atoms with E-state index in [0.717, 1.165) is 16.5 Å². The molecule has 0 radical (unpaired) electrons. The van der Waals surface area contributed by atoms with Gasteiger partial charge in [-0.2, -0.15) is 0 Å². The molecule has 0 spiro atoms. The van der Waals surface area contributed by atoms with Crippen LogP contribution in [0.15, 0.2) is 18.2 Å². The van der Waals surface area contributed by atoms with E-state index in [1.807, 2.05) is 30.7 Å². The smallest absolute Gasteiger partial charge is 0.115 e. The lowest BCUT2D eigenvalue weighted by molar-refractivity contribution is 0.201. The van der Waals surface area contributed by atoms with Crippen LogP contribution in [0, 0.1) is 6.92 Å². The number of fused-ring (bicyclic) bond motifs is 1. The van der Waals surface area contributed by atoms with E-state index >= 15 is 0 Å².